The molecule has 0 aliphatic rings. The number of halogens is 2. The molecule has 0 saturated heterocycles. The molecule has 0 saturated carbocycles. The third-order valence-electron chi connectivity index (χ3n) is 2.67. The van der Waals surface area contributed by atoms with Crippen LogP contribution in [-0.4, -0.2) is 7.11 Å². The number of ether oxygens (including phenoxy) is 1. The van der Waals surface area contributed by atoms with Crippen LogP contribution in [0.1, 0.15) is 5.56 Å². The molecule has 2 N–H and O–H groups in total. The second kappa shape index (κ2) is 6.38. The molecular formula is C14H15ClFNO. The summed E-state index contributed by atoms with van der Waals surface area (Å²) in [4.78, 5) is 0. The van der Waals surface area contributed by atoms with Crippen molar-refractivity contribution in [1.82, 2.24) is 0 Å². The van der Waals surface area contributed by atoms with E-state index < -0.39 is 0 Å². The van der Waals surface area contributed by atoms with Gasteiger partial charge in [0.25, 0.3) is 0 Å². The molecule has 0 heterocycles. The Morgan fingerprint density at radius 3 is 2.33 bits per heavy atom. The van der Waals surface area contributed by atoms with Crippen molar-refractivity contribution in [2.24, 2.45) is 5.73 Å². The summed E-state index contributed by atoms with van der Waals surface area (Å²) in [7, 11) is 1.56. The van der Waals surface area contributed by atoms with Gasteiger partial charge in [-0.2, -0.15) is 0 Å². The summed E-state index contributed by atoms with van der Waals surface area (Å²) >= 11 is 0. The van der Waals surface area contributed by atoms with E-state index in [0.717, 1.165) is 11.1 Å². The van der Waals surface area contributed by atoms with Crippen LogP contribution in [0.25, 0.3) is 11.1 Å². The Hall–Kier alpha value is -1.58. The topological polar surface area (TPSA) is 35.2 Å². The highest BCUT2D eigenvalue weighted by atomic mass is 35.5. The summed E-state index contributed by atoms with van der Waals surface area (Å²) in [5, 5.41) is 0. The Kier molecular flexibility index (Phi) is 5.13. The van der Waals surface area contributed by atoms with Crippen LogP contribution in [0.5, 0.6) is 5.75 Å². The molecule has 0 spiro atoms. The summed E-state index contributed by atoms with van der Waals surface area (Å²) < 4.78 is 18.8. The quantitative estimate of drug-likeness (QED) is 0.925. The summed E-state index contributed by atoms with van der Waals surface area (Å²) in [6, 6.07) is 12.2. The number of rotatable bonds is 3. The second-order valence-electron chi connectivity index (χ2n) is 3.75. The summed E-state index contributed by atoms with van der Waals surface area (Å²) in [6.45, 7) is 0.487. The lowest BCUT2D eigenvalue weighted by atomic mass is 10.0. The van der Waals surface area contributed by atoms with E-state index in [2.05, 4.69) is 0 Å². The van der Waals surface area contributed by atoms with Crippen molar-refractivity contribution in [3.63, 3.8) is 0 Å². The van der Waals surface area contributed by atoms with E-state index in [-0.39, 0.29) is 18.2 Å². The average Bonchev–Trinajstić information content (AvgIpc) is 2.39. The maximum Gasteiger partial charge on any atom is 0.131 e. The lowest BCUT2D eigenvalue weighted by Gasteiger charge is -2.07. The van der Waals surface area contributed by atoms with E-state index in [1.54, 1.807) is 19.2 Å². The number of benzene rings is 2. The molecular weight excluding hydrogens is 253 g/mol. The van der Waals surface area contributed by atoms with Gasteiger partial charge in [0.05, 0.1) is 7.11 Å². The predicted octanol–water partition coefficient (Wildman–Crippen LogP) is 3.38. The molecule has 0 atom stereocenters. The van der Waals surface area contributed by atoms with Crippen LogP contribution in [0.3, 0.4) is 0 Å². The SMILES string of the molecule is COc1ccc(F)c(-c2ccc(CN)cc2)c1.Cl. The molecule has 96 valence electrons. The van der Waals surface area contributed by atoms with Gasteiger partial charge in [0.15, 0.2) is 0 Å². The minimum absolute atomic E-state index is 0. The van der Waals surface area contributed by atoms with Gasteiger partial charge in [-0.25, -0.2) is 4.39 Å². The van der Waals surface area contributed by atoms with Crippen molar-refractivity contribution < 1.29 is 9.13 Å². The van der Waals surface area contributed by atoms with E-state index >= 15 is 0 Å². The van der Waals surface area contributed by atoms with E-state index in [1.807, 2.05) is 24.3 Å². The van der Waals surface area contributed by atoms with Gasteiger partial charge in [-0.05, 0) is 29.3 Å². The Balaban J connectivity index is 0.00000162. The van der Waals surface area contributed by atoms with E-state index in [0.29, 0.717) is 17.9 Å². The van der Waals surface area contributed by atoms with Crippen molar-refractivity contribution in [2.45, 2.75) is 6.54 Å². The zero-order valence-corrected chi connectivity index (χ0v) is 10.8. The van der Waals surface area contributed by atoms with Crippen LogP contribution in [-0.2, 0) is 6.54 Å². The Labute approximate surface area is 112 Å². The molecule has 0 aliphatic carbocycles. The fourth-order valence-electron chi connectivity index (χ4n) is 1.67. The number of nitrogens with two attached hydrogens (primary N) is 1. The first-order valence-corrected chi connectivity index (χ1v) is 5.37. The highest BCUT2D eigenvalue weighted by Crippen LogP contribution is 2.27. The molecule has 0 fully saturated rings. The fraction of sp³-hybridized carbons (Fsp3) is 0.143. The normalized spacial score (nSPS) is 9.72. The molecule has 0 bridgehead atoms. The van der Waals surface area contributed by atoms with Gasteiger partial charge in [0.1, 0.15) is 11.6 Å². The monoisotopic (exact) mass is 267 g/mol. The smallest absolute Gasteiger partial charge is 0.131 e. The molecule has 2 rings (SSSR count). The molecule has 18 heavy (non-hydrogen) atoms. The predicted molar refractivity (Wildman–Crippen MR) is 73.5 cm³/mol. The van der Waals surface area contributed by atoms with Gasteiger partial charge in [-0.3, -0.25) is 0 Å². The van der Waals surface area contributed by atoms with E-state index in [9.17, 15) is 4.39 Å². The number of hydrogen-bond acceptors (Lipinski definition) is 2. The molecule has 0 aliphatic heterocycles. The molecule has 2 aromatic rings. The van der Waals surface area contributed by atoms with Gasteiger partial charge < -0.3 is 10.5 Å². The lowest BCUT2D eigenvalue weighted by Crippen LogP contribution is -1.95. The molecule has 0 unspecified atom stereocenters. The highest BCUT2D eigenvalue weighted by molar-refractivity contribution is 5.85. The second-order valence-corrected chi connectivity index (χ2v) is 3.75. The Morgan fingerprint density at radius 2 is 1.78 bits per heavy atom. The number of hydrogen-bond donors (Lipinski definition) is 1. The van der Waals surface area contributed by atoms with Crippen LogP contribution < -0.4 is 10.5 Å². The molecule has 2 nitrogen and oxygen atoms in total. The standard InChI is InChI=1S/C14H14FNO.ClH/c1-17-12-6-7-14(15)13(8-12)11-4-2-10(9-16)3-5-11;/h2-8H,9,16H2,1H3;1H. The van der Waals surface area contributed by atoms with Crippen LogP contribution in [0.2, 0.25) is 0 Å². The highest BCUT2D eigenvalue weighted by Gasteiger charge is 2.06. The molecule has 4 heteroatoms. The lowest BCUT2D eigenvalue weighted by molar-refractivity contribution is 0.414. The maximum atomic E-state index is 13.7. The minimum Gasteiger partial charge on any atom is -0.497 e. The van der Waals surface area contributed by atoms with Crippen LogP contribution in [0, 0.1) is 5.82 Å². The molecule has 0 radical (unpaired) electrons. The van der Waals surface area contributed by atoms with Crippen LogP contribution in [0.15, 0.2) is 42.5 Å². The first-order chi connectivity index (χ1) is 8.24. The van der Waals surface area contributed by atoms with Crippen molar-refractivity contribution in [1.29, 1.82) is 0 Å². The van der Waals surface area contributed by atoms with Gasteiger partial charge in [-0.1, -0.05) is 24.3 Å². The van der Waals surface area contributed by atoms with Gasteiger partial charge in [-0.15, -0.1) is 12.4 Å². The van der Waals surface area contributed by atoms with Crippen LogP contribution in [0.4, 0.5) is 4.39 Å². The van der Waals surface area contributed by atoms with Crippen molar-refractivity contribution in [3.8, 4) is 16.9 Å². The van der Waals surface area contributed by atoms with Crippen LogP contribution >= 0.6 is 12.4 Å². The van der Waals surface area contributed by atoms with Crippen molar-refractivity contribution >= 4 is 12.4 Å². The maximum absolute atomic E-state index is 13.7. The van der Waals surface area contributed by atoms with Gasteiger partial charge in [0, 0.05) is 12.1 Å². The molecule has 0 amide bonds. The zero-order valence-electron chi connectivity index (χ0n) is 10.0. The third-order valence-corrected chi connectivity index (χ3v) is 2.67. The first-order valence-electron chi connectivity index (χ1n) is 5.37. The minimum atomic E-state index is -0.258. The molecule has 0 aromatic heterocycles. The average molecular weight is 268 g/mol. The summed E-state index contributed by atoms with van der Waals surface area (Å²) in [5.41, 5.74) is 7.90. The van der Waals surface area contributed by atoms with Gasteiger partial charge >= 0.3 is 0 Å². The summed E-state index contributed by atoms with van der Waals surface area (Å²) in [6.07, 6.45) is 0. The van der Waals surface area contributed by atoms with Crippen molar-refractivity contribution in [3.05, 3.63) is 53.8 Å². The number of methoxy groups -OCH3 is 1. The first kappa shape index (κ1) is 14.5. The van der Waals surface area contributed by atoms with E-state index in [4.69, 9.17) is 10.5 Å². The van der Waals surface area contributed by atoms with Crippen molar-refractivity contribution in [2.75, 3.05) is 7.11 Å². The summed E-state index contributed by atoms with van der Waals surface area (Å²) in [5.74, 6) is 0.385. The molecule has 2 aromatic carbocycles. The fourth-order valence-corrected chi connectivity index (χ4v) is 1.67. The van der Waals surface area contributed by atoms with Gasteiger partial charge in [0.2, 0.25) is 0 Å². The third kappa shape index (κ3) is 3.00. The Morgan fingerprint density at radius 1 is 1.11 bits per heavy atom. The Bertz CT molecular complexity index is 514. The zero-order chi connectivity index (χ0) is 12.3. The largest absolute Gasteiger partial charge is 0.497 e. The van der Waals surface area contributed by atoms with E-state index in [1.165, 1.54) is 6.07 Å².